The number of hydrogen-bond donors (Lipinski definition) is 1. The second-order valence-electron chi connectivity index (χ2n) is 8.11. The molecule has 0 bridgehead atoms. The summed E-state index contributed by atoms with van der Waals surface area (Å²) in [4.78, 5) is 1.43. The highest BCUT2D eigenvalue weighted by Crippen LogP contribution is 2.63. The molecule has 0 amide bonds. The number of hydrazone groups is 1. The molecule has 1 aromatic rings. The SMILES string of the molecule is CC1(C)CC2=NN(c3ccccc3)[P@](C)(=O)C2=C([NH+]2CCOCC2)C1. The van der Waals surface area contributed by atoms with Crippen LogP contribution < -0.4 is 9.68 Å². The van der Waals surface area contributed by atoms with E-state index in [1.54, 1.807) is 4.78 Å². The first kappa shape index (κ1) is 17.0. The highest BCUT2D eigenvalue weighted by atomic mass is 31.2. The van der Waals surface area contributed by atoms with E-state index in [4.69, 9.17) is 9.84 Å². The van der Waals surface area contributed by atoms with Crippen LogP contribution in [0.2, 0.25) is 0 Å². The topological polar surface area (TPSA) is 46.3 Å². The van der Waals surface area contributed by atoms with E-state index in [-0.39, 0.29) is 5.41 Å². The number of anilines is 1. The zero-order chi connectivity index (χ0) is 17.7. The number of para-hydroxylation sites is 1. The van der Waals surface area contributed by atoms with Crippen molar-refractivity contribution < 1.29 is 14.2 Å². The number of hydrogen-bond acceptors (Lipinski definition) is 3. The lowest BCUT2D eigenvalue weighted by atomic mass is 9.78. The minimum atomic E-state index is -2.74. The fourth-order valence-electron chi connectivity index (χ4n) is 4.25. The van der Waals surface area contributed by atoms with Crippen LogP contribution in [-0.2, 0) is 9.30 Å². The molecule has 0 saturated carbocycles. The smallest absolute Gasteiger partial charge is 0.224 e. The van der Waals surface area contributed by atoms with E-state index in [2.05, 4.69) is 13.8 Å². The van der Waals surface area contributed by atoms with Gasteiger partial charge < -0.3 is 9.64 Å². The van der Waals surface area contributed by atoms with E-state index in [1.165, 1.54) is 10.6 Å². The lowest BCUT2D eigenvalue weighted by Crippen LogP contribution is -3.12. The van der Waals surface area contributed by atoms with Crippen molar-refractivity contribution in [3.05, 3.63) is 41.3 Å². The van der Waals surface area contributed by atoms with Crippen molar-refractivity contribution in [3.8, 4) is 0 Å². The van der Waals surface area contributed by atoms with Gasteiger partial charge in [-0.25, -0.2) is 4.78 Å². The second kappa shape index (κ2) is 6.08. The third kappa shape index (κ3) is 2.99. The second-order valence-corrected chi connectivity index (χ2v) is 10.7. The van der Waals surface area contributed by atoms with Crippen molar-refractivity contribution in [2.24, 2.45) is 10.5 Å². The fraction of sp³-hybridized carbons (Fsp3) is 0.526. The van der Waals surface area contributed by atoms with Gasteiger partial charge in [-0.2, -0.15) is 5.10 Å². The molecular weight excluding hydrogens is 333 g/mol. The molecule has 2 heterocycles. The number of nitrogens with one attached hydrogen (secondary N) is 1. The Bertz CT molecular complexity index is 779. The molecule has 0 unspecified atom stereocenters. The lowest BCUT2D eigenvalue weighted by molar-refractivity contribution is -0.871. The third-order valence-corrected chi connectivity index (χ3v) is 7.76. The van der Waals surface area contributed by atoms with Crippen LogP contribution in [0.4, 0.5) is 5.69 Å². The summed E-state index contributed by atoms with van der Waals surface area (Å²) in [5, 5.41) is 5.89. The maximum Gasteiger partial charge on any atom is 0.224 e. The number of nitrogens with zero attached hydrogens (tertiary/aromatic N) is 2. The first-order valence-electron chi connectivity index (χ1n) is 9.06. The Morgan fingerprint density at radius 3 is 2.52 bits per heavy atom. The summed E-state index contributed by atoms with van der Waals surface area (Å²) in [5.41, 5.74) is 3.40. The largest absolute Gasteiger partial charge is 0.370 e. The number of quaternary nitrogens is 1. The molecule has 1 aromatic carbocycles. The van der Waals surface area contributed by atoms with Crippen LogP contribution in [-0.4, -0.2) is 38.7 Å². The Labute approximate surface area is 149 Å². The van der Waals surface area contributed by atoms with Crippen molar-refractivity contribution in [1.82, 2.24) is 0 Å². The predicted octanol–water partition coefficient (Wildman–Crippen LogP) is 2.72. The van der Waals surface area contributed by atoms with Crippen molar-refractivity contribution in [3.63, 3.8) is 0 Å². The van der Waals surface area contributed by atoms with Gasteiger partial charge in [-0.1, -0.05) is 32.0 Å². The van der Waals surface area contributed by atoms with Crippen molar-refractivity contribution in [1.29, 1.82) is 0 Å². The summed E-state index contributed by atoms with van der Waals surface area (Å²) in [7, 11) is -2.74. The fourth-order valence-corrected chi connectivity index (χ4v) is 6.64. The summed E-state index contributed by atoms with van der Waals surface area (Å²) in [6, 6.07) is 9.91. The molecule has 2 aliphatic heterocycles. The predicted molar refractivity (Wildman–Crippen MR) is 101 cm³/mol. The zero-order valence-corrected chi connectivity index (χ0v) is 16.2. The Morgan fingerprint density at radius 1 is 1.16 bits per heavy atom. The van der Waals surface area contributed by atoms with E-state index >= 15 is 0 Å². The average Bonchev–Trinajstić information content (AvgIpc) is 2.85. The van der Waals surface area contributed by atoms with Crippen molar-refractivity contribution in [2.45, 2.75) is 26.7 Å². The van der Waals surface area contributed by atoms with Gasteiger partial charge >= 0.3 is 0 Å². The molecule has 3 aliphatic rings. The van der Waals surface area contributed by atoms with Crippen LogP contribution in [0.15, 0.2) is 46.4 Å². The van der Waals surface area contributed by atoms with E-state index in [1.807, 2.05) is 37.0 Å². The first-order valence-corrected chi connectivity index (χ1v) is 11.2. The van der Waals surface area contributed by atoms with Gasteiger partial charge in [0, 0.05) is 13.1 Å². The summed E-state index contributed by atoms with van der Waals surface area (Å²) < 4.78 is 21.2. The molecule has 134 valence electrons. The van der Waals surface area contributed by atoms with E-state index in [0.29, 0.717) is 0 Å². The highest BCUT2D eigenvalue weighted by molar-refractivity contribution is 7.70. The normalized spacial score (nSPS) is 29.6. The Kier molecular flexibility index (Phi) is 4.14. The molecule has 0 radical (unpaired) electrons. The molecule has 4 rings (SSSR count). The minimum Gasteiger partial charge on any atom is -0.370 e. The number of rotatable bonds is 2. The van der Waals surface area contributed by atoms with Gasteiger partial charge in [0.2, 0.25) is 7.29 Å². The van der Waals surface area contributed by atoms with Crippen LogP contribution in [0.25, 0.3) is 0 Å². The summed E-state index contributed by atoms with van der Waals surface area (Å²) in [6.07, 6.45) is 1.87. The molecular formula is C19H27N3O2P+. The summed E-state index contributed by atoms with van der Waals surface area (Å²) >= 11 is 0. The summed E-state index contributed by atoms with van der Waals surface area (Å²) in [5.74, 6) is 0. The van der Waals surface area contributed by atoms with Gasteiger partial charge in [-0.3, -0.25) is 4.57 Å². The molecule has 5 nitrogen and oxygen atoms in total. The molecule has 1 aliphatic carbocycles. The molecule has 0 aromatic heterocycles. The molecule has 1 atom stereocenters. The Morgan fingerprint density at radius 2 is 1.84 bits per heavy atom. The number of morpholine rings is 1. The molecule has 1 saturated heterocycles. The van der Waals surface area contributed by atoms with E-state index < -0.39 is 7.29 Å². The van der Waals surface area contributed by atoms with Gasteiger partial charge in [0.15, 0.2) is 0 Å². The maximum atomic E-state index is 13.9. The van der Waals surface area contributed by atoms with Crippen molar-refractivity contribution >= 4 is 18.7 Å². The third-order valence-electron chi connectivity index (χ3n) is 5.36. The Balaban J connectivity index is 1.83. The van der Waals surface area contributed by atoms with E-state index in [0.717, 1.165) is 55.9 Å². The van der Waals surface area contributed by atoms with Crippen LogP contribution in [0.5, 0.6) is 0 Å². The first-order chi connectivity index (χ1) is 11.9. The standard InChI is InChI=1S/C19H26N3O2P/c1-19(2)13-16-18(17(14-19)21-9-11-24-12-10-21)25(3,23)22(20-16)15-7-5-4-6-8-15/h4-8H,9-14H2,1-3H3/p+1/t25-/m1/s1. The molecule has 1 fully saturated rings. The Hall–Kier alpha value is -1.42. The van der Waals surface area contributed by atoms with Crippen LogP contribution in [0.1, 0.15) is 26.7 Å². The number of allylic oxidation sites excluding steroid dienone is 2. The molecule has 25 heavy (non-hydrogen) atoms. The monoisotopic (exact) mass is 360 g/mol. The minimum absolute atomic E-state index is 0.148. The number of benzene rings is 1. The zero-order valence-electron chi connectivity index (χ0n) is 15.3. The van der Waals surface area contributed by atoms with Gasteiger partial charge in [-0.05, 0) is 24.0 Å². The van der Waals surface area contributed by atoms with Gasteiger partial charge in [0.25, 0.3) is 0 Å². The van der Waals surface area contributed by atoms with Crippen LogP contribution >= 0.6 is 7.29 Å². The molecule has 1 N–H and O–H groups in total. The molecule has 6 heteroatoms. The summed E-state index contributed by atoms with van der Waals surface area (Å²) in [6.45, 7) is 9.91. The molecule has 0 spiro atoms. The maximum absolute atomic E-state index is 13.9. The highest BCUT2D eigenvalue weighted by Gasteiger charge is 2.49. The quantitative estimate of drug-likeness (QED) is 0.825. The lowest BCUT2D eigenvalue weighted by Gasteiger charge is -2.36. The van der Waals surface area contributed by atoms with Crippen LogP contribution in [0, 0.1) is 5.41 Å². The van der Waals surface area contributed by atoms with Crippen LogP contribution in [0.3, 0.4) is 0 Å². The average molecular weight is 360 g/mol. The van der Waals surface area contributed by atoms with Crippen molar-refractivity contribution in [2.75, 3.05) is 37.7 Å². The van der Waals surface area contributed by atoms with Gasteiger partial charge in [-0.15, -0.1) is 0 Å². The van der Waals surface area contributed by atoms with Gasteiger partial charge in [0.1, 0.15) is 24.1 Å². The van der Waals surface area contributed by atoms with Gasteiger partial charge in [0.05, 0.1) is 24.6 Å². The van der Waals surface area contributed by atoms with E-state index in [9.17, 15) is 4.57 Å². The number of fused-ring (bicyclic) bond motifs is 1. The number of ether oxygens (including phenoxy) is 1.